The van der Waals surface area contributed by atoms with Crippen LogP contribution in [0.15, 0.2) is 72.8 Å². The van der Waals surface area contributed by atoms with Crippen molar-refractivity contribution in [3.8, 4) is 0 Å². The molecule has 2 fully saturated rings. The molecule has 0 aromatic heterocycles. The molecule has 53 heavy (non-hydrogen) atoms. The van der Waals surface area contributed by atoms with Gasteiger partial charge in [0.1, 0.15) is 5.82 Å². The fraction of sp³-hybridized carbons (Fsp3) is 0.400. The van der Waals surface area contributed by atoms with Gasteiger partial charge in [0.25, 0.3) is 5.54 Å². The van der Waals surface area contributed by atoms with Gasteiger partial charge in [0.15, 0.2) is 0 Å². The molecule has 18 heteroatoms. The zero-order chi connectivity index (χ0) is 39.0. The first kappa shape index (κ1) is 38.8. The largest absolute Gasteiger partial charge is 0.465 e. The van der Waals surface area contributed by atoms with Crippen molar-refractivity contribution in [3.63, 3.8) is 0 Å². The second kappa shape index (κ2) is 14.5. The normalized spacial score (nSPS) is 21.9. The number of anilines is 2. The van der Waals surface area contributed by atoms with Crippen molar-refractivity contribution in [3.05, 3.63) is 105 Å². The molecule has 1 N–H and O–H groups in total. The van der Waals surface area contributed by atoms with E-state index in [0.717, 1.165) is 29.0 Å². The lowest BCUT2D eigenvalue weighted by Crippen LogP contribution is -2.58. The SMILES string of the molecule is CN(C(=O)N(C)[C@@H]1CN(C(=O)C2([N+](=O)[O-])CCC(N(C(=O)O)c3ccccc3)CC2)C[C@H]1c1ccc(F)cc1)c1cc(C(F)(F)F)cc(C(F)(F)F)c1. The Morgan fingerprint density at radius 1 is 0.849 bits per heavy atom. The van der Waals surface area contributed by atoms with Crippen molar-refractivity contribution in [1.82, 2.24) is 9.80 Å². The number of carbonyl (C=O) groups is 3. The maximum absolute atomic E-state index is 14.2. The van der Waals surface area contributed by atoms with Crippen LogP contribution in [0.4, 0.5) is 51.7 Å². The van der Waals surface area contributed by atoms with E-state index in [0.29, 0.717) is 28.3 Å². The van der Waals surface area contributed by atoms with Crippen LogP contribution >= 0.6 is 0 Å². The topological polar surface area (TPSA) is 128 Å². The van der Waals surface area contributed by atoms with Crippen LogP contribution in [-0.2, 0) is 17.1 Å². The number of hydrogen-bond donors (Lipinski definition) is 1. The molecular weight excluding hydrogens is 719 g/mol. The highest BCUT2D eigenvalue weighted by Gasteiger charge is 2.57. The summed E-state index contributed by atoms with van der Waals surface area (Å²) in [6.45, 7) is -0.528. The molecule has 1 aliphatic carbocycles. The third-order valence-corrected chi connectivity index (χ3v) is 10.1. The molecule has 0 radical (unpaired) electrons. The molecule has 2 atom stereocenters. The smallest absolute Gasteiger partial charge is 0.416 e. The van der Waals surface area contributed by atoms with Crippen LogP contribution in [0, 0.1) is 15.9 Å². The average Bonchev–Trinajstić information content (AvgIpc) is 3.56. The minimum atomic E-state index is -5.18. The second-order valence-corrected chi connectivity index (χ2v) is 13.2. The van der Waals surface area contributed by atoms with Gasteiger partial charge in [-0.05, 0) is 60.9 Å². The van der Waals surface area contributed by atoms with E-state index in [1.165, 1.54) is 24.1 Å². The summed E-state index contributed by atoms with van der Waals surface area (Å²) in [5.41, 5.74) is -5.39. The molecule has 1 saturated carbocycles. The summed E-state index contributed by atoms with van der Waals surface area (Å²) in [6, 6.07) is 11.1. The molecule has 1 saturated heterocycles. The lowest BCUT2D eigenvalue weighted by atomic mass is 9.78. The number of carboxylic acid groups (broad SMARTS) is 1. The third-order valence-electron chi connectivity index (χ3n) is 10.1. The fourth-order valence-corrected chi connectivity index (χ4v) is 7.18. The number of alkyl halides is 6. The number of benzene rings is 3. The van der Waals surface area contributed by atoms with Crippen molar-refractivity contribution >= 4 is 29.4 Å². The van der Waals surface area contributed by atoms with E-state index in [1.807, 2.05) is 0 Å². The summed E-state index contributed by atoms with van der Waals surface area (Å²) < 4.78 is 95.4. The summed E-state index contributed by atoms with van der Waals surface area (Å²) in [7, 11) is 2.21. The lowest BCUT2D eigenvalue weighted by molar-refractivity contribution is -0.558. The van der Waals surface area contributed by atoms with E-state index in [-0.39, 0.29) is 44.8 Å². The number of halogens is 7. The van der Waals surface area contributed by atoms with Crippen molar-refractivity contribution in [1.29, 1.82) is 0 Å². The van der Waals surface area contributed by atoms with Gasteiger partial charge in [0.05, 0.1) is 17.2 Å². The zero-order valence-corrected chi connectivity index (χ0v) is 28.3. The van der Waals surface area contributed by atoms with E-state index in [9.17, 15) is 60.3 Å². The maximum atomic E-state index is 14.2. The van der Waals surface area contributed by atoms with Crippen LogP contribution in [0.2, 0.25) is 0 Å². The first-order chi connectivity index (χ1) is 24.7. The Kier molecular flexibility index (Phi) is 10.6. The molecule has 3 aromatic carbocycles. The van der Waals surface area contributed by atoms with Crippen LogP contribution in [0.3, 0.4) is 0 Å². The number of carbonyl (C=O) groups excluding carboxylic acids is 2. The number of nitrogens with zero attached hydrogens (tertiary/aromatic N) is 5. The zero-order valence-electron chi connectivity index (χ0n) is 28.3. The number of likely N-dealkylation sites (N-methyl/N-ethyl adjacent to an activating group) is 1. The molecule has 0 bridgehead atoms. The minimum Gasteiger partial charge on any atom is -0.465 e. The Labute approximate surface area is 298 Å². The van der Waals surface area contributed by atoms with Gasteiger partial charge in [-0.3, -0.25) is 24.7 Å². The van der Waals surface area contributed by atoms with Gasteiger partial charge in [-0.15, -0.1) is 0 Å². The molecule has 4 amide bonds. The first-order valence-corrected chi connectivity index (χ1v) is 16.3. The van der Waals surface area contributed by atoms with E-state index in [4.69, 9.17) is 0 Å². The van der Waals surface area contributed by atoms with Crippen LogP contribution in [0.5, 0.6) is 0 Å². The molecule has 3 aromatic rings. The highest BCUT2D eigenvalue weighted by atomic mass is 19.4. The summed E-state index contributed by atoms with van der Waals surface area (Å²) in [5.74, 6) is -2.32. The predicted octanol–water partition coefficient (Wildman–Crippen LogP) is 7.49. The molecule has 0 unspecified atom stereocenters. The average molecular weight is 754 g/mol. The number of rotatable bonds is 7. The molecule has 1 aliphatic heterocycles. The molecule has 0 spiro atoms. The fourth-order valence-electron chi connectivity index (χ4n) is 7.18. The number of para-hydroxylation sites is 1. The molecule has 2 aliphatic rings. The molecule has 1 heterocycles. The quantitative estimate of drug-likeness (QED) is 0.151. The predicted molar refractivity (Wildman–Crippen MR) is 176 cm³/mol. The van der Waals surface area contributed by atoms with E-state index >= 15 is 0 Å². The first-order valence-electron chi connectivity index (χ1n) is 16.3. The van der Waals surface area contributed by atoms with E-state index < -0.39 is 81.5 Å². The number of amides is 4. The number of hydrogen-bond acceptors (Lipinski definition) is 5. The monoisotopic (exact) mass is 753 g/mol. The lowest BCUT2D eigenvalue weighted by Gasteiger charge is -2.38. The van der Waals surface area contributed by atoms with Crippen molar-refractivity contribution in [2.75, 3.05) is 37.0 Å². The number of likely N-dealkylation sites (tertiary alicyclic amines) is 1. The van der Waals surface area contributed by atoms with Crippen LogP contribution in [-0.4, -0.2) is 82.7 Å². The van der Waals surface area contributed by atoms with Gasteiger partial charge in [-0.1, -0.05) is 30.3 Å². The molecule has 284 valence electrons. The van der Waals surface area contributed by atoms with Gasteiger partial charge >= 0.3 is 30.4 Å². The van der Waals surface area contributed by atoms with Crippen LogP contribution in [0.1, 0.15) is 48.3 Å². The van der Waals surface area contributed by atoms with Gasteiger partial charge < -0.3 is 14.9 Å². The Hall–Kier alpha value is -5.42. The summed E-state index contributed by atoms with van der Waals surface area (Å²) in [5, 5.41) is 22.6. The Morgan fingerprint density at radius 3 is 1.89 bits per heavy atom. The number of nitro groups is 1. The summed E-state index contributed by atoms with van der Waals surface area (Å²) in [4.78, 5) is 56.0. The minimum absolute atomic E-state index is 0.0351. The molecule has 11 nitrogen and oxygen atoms in total. The van der Waals surface area contributed by atoms with Crippen molar-refractivity contribution in [2.45, 2.75) is 61.6 Å². The highest BCUT2D eigenvalue weighted by molar-refractivity contribution is 5.92. The molecular formula is C35H34F7N5O6. The standard InChI is InChI=1S/C35H34F7N5O6/c1-43(27-17-22(34(37,38)39)16-23(18-27)35(40,41)42)31(49)44(2)29-20-45(19-28(29)21-8-10-24(36)11-9-21)30(48)33(47(52)53)14-12-26(13-15-33)46(32(50)51)25-6-4-3-5-7-25/h3-11,16-18,26,28-29H,12-15,19-20H2,1-2H3,(H,50,51)/t26?,28-,29+,33?/m0/s1. The summed E-state index contributed by atoms with van der Waals surface area (Å²) in [6.07, 6.45) is -12.3. The summed E-state index contributed by atoms with van der Waals surface area (Å²) >= 11 is 0. The number of urea groups is 1. The Morgan fingerprint density at radius 2 is 1.40 bits per heavy atom. The van der Waals surface area contributed by atoms with Crippen molar-refractivity contribution < 1.29 is 55.1 Å². The maximum Gasteiger partial charge on any atom is 0.416 e. The van der Waals surface area contributed by atoms with E-state index in [2.05, 4.69) is 0 Å². The van der Waals surface area contributed by atoms with Crippen molar-refractivity contribution in [2.24, 2.45) is 0 Å². The Bertz CT molecular complexity index is 1820. The van der Waals surface area contributed by atoms with E-state index in [1.54, 1.807) is 30.3 Å². The van der Waals surface area contributed by atoms with Gasteiger partial charge in [-0.2, -0.15) is 26.3 Å². The van der Waals surface area contributed by atoms with Crippen LogP contribution in [0.25, 0.3) is 0 Å². The second-order valence-electron chi connectivity index (χ2n) is 13.2. The van der Waals surface area contributed by atoms with Gasteiger partial charge in [-0.25, -0.2) is 14.0 Å². The Balaban J connectivity index is 1.43. The van der Waals surface area contributed by atoms with Crippen LogP contribution < -0.4 is 9.80 Å². The third kappa shape index (κ3) is 7.85. The molecule has 5 rings (SSSR count). The van der Waals surface area contributed by atoms with Gasteiger partial charge in [0, 0.05) is 68.3 Å². The highest BCUT2D eigenvalue weighted by Crippen LogP contribution is 2.41. The van der Waals surface area contributed by atoms with Gasteiger partial charge in [0.2, 0.25) is 0 Å².